The Hall–Kier alpha value is -0.870. The van der Waals surface area contributed by atoms with Crippen LogP contribution in [-0.4, -0.2) is 35.9 Å². The summed E-state index contributed by atoms with van der Waals surface area (Å²) in [5.74, 6) is 3.20. The molecule has 0 radical (unpaired) electrons. The molecule has 0 aliphatic heterocycles. The quantitative estimate of drug-likeness (QED) is 0.709. The highest BCUT2D eigenvalue weighted by Crippen LogP contribution is 2.20. The van der Waals surface area contributed by atoms with E-state index >= 15 is 0 Å². The van der Waals surface area contributed by atoms with Crippen molar-refractivity contribution in [2.24, 2.45) is 5.92 Å². The van der Waals surface area contributed by atoms with Crippen molar-refractivity contribution in [3.05, 3.63) is 24.3 Å². The van der Waals surface area contributed by atoms with Crippen LogP contribution in [0.3, 0.4) is 0 Å². The normalized spacial score (nSPS) is 14.0. The van der Waals surface area contributed by atoms with Crippen molar-refractivity contribution >= 4 is 11.8 Å². The molecule has 0 bridgehead atoms. The van der Waals surface area contributed by atoms with Crippen molar-refractivity contribution in [1.29, 1.82) is 0 Å². The van der Waals surface area contributed by atoms with Crippen LogP contribution in [0.2, 0.25) is 0 Å². The van der Waals surface area contributed by atoms with Gasteiger partial charge in [0.1, 0.15) is 24.2 Å². The molecule has 0 fully saturated rings. The number of aliphatic hydroxyl groups is 1. The van der Waals surface area contributed by atoms with Gasteiger partial charge in [-0.2, -0.15) is 11.8 Å². The van der Waals surface area contributed by atoms with Gasteiger partial charge in [-0.1, -0.05) is 13.8 Å². The smallest absolute Gasteiger partial charge is 0.120 e. The summed E-state index contributed by atoms with van der Waals surface area (Å²) in [5, 5.41) is 9.84. The second kappa shape index (κ2) is 9.96. The van der Waals surface area contributed by atoms with Gasteiger partial charge in [-0.15, -0.1) is 0 Å². The Morgan fingerprint density at radius 1 is 1.05 bits per heavy atom. The third-order valence-electron chi connectivity index (χ3n) is 3.08. The Morgan fingerprint density at radius 3 is 2.24 bits per heavy atom. The van der Waals surface area contributed by atoms with Crippen LogP contribution in [-0.2, 0) is 0 Å². The Bertz CT molecular complexity index is 378. The molecular formula is C17H28O3S. The van der Waals surface area contributed by atoms with Gasteiger partial charge in [0.2, 0.25) is 0 Å². The van der Waals surface area contributed by atoms with Crippen LogP contribution in [0.4, 0.5) is 0 Å². The third-order valence-corrected chi connectivity index (χ3v) is 3.88. The minimum Gasteiger partial charge on any atom is -0.491 e. The maximum absolute atomic E-state index is 9.84. The topological polar surface area (TPSA) is 38.7 Å². The molecular weight excluding hydrogens is 284 g/mol. The molecule has 0 aliphatic rings. The molecule has 1 N–H and O–H groups in total. The fourth-order valence-corrected chi connectivity index (χ4v) is 2.45. The van der Waals surface area contributed by atoms with E-state index in [1.54, 1.807) is 11.8 Å². The van der Waals surface area contributed by atoms with Crippen LogP contribution in [0.1, 0.15) is 33.6 Å². The summed E-state index contributed by atoms with van der Waals surface area (Å²) in [4.78, 5) is 0. The average Bonchev–Trinajstić information content (AvgIpc) is 2.44. The lowest BCUT2D eigenvalue weighted by Crippen LogP contribution is -2.18. The van der Waals surface area contributed by atoms with Crippen LogP contribution in [0, 0.1) is 5.92 Å². The summed E-state index contributed by atoms with van der Waals surface area (Å²) in [6.07, 6.45) is 3.67. The van der Waals surface area contributed by atoms with Crippen molar-refractivity contribution in [3.63, 3.8) is 0 Å². The Labute approximate surface area is 133 Å². The minimum atomic E-state index is -0.398. The van der Waals surface area contributed by atoms with Gasteiger partial charge in [-0.25, -0.2) is 0 Å². The van der Waals surface area contributed by atoms with Crippen LogP contribution in [0.5, 0.6) is 11.5 Å². The van der Waals surface area contributed by atoms with Gasteiger partial charge in [-0.05, 0) is 56.2 Å². The number of rotatable bonds is 10. The maximum atomic E-state index is 9.84. The van der Waals surface area contributed by atoms with E-state index in [4.69, 9.17) is 9.47 Å². The highest BCUT2D eigenvalue weighted by molar-refractivity contribution is 7.98. The highest BCUT2D eigenvalue weighted by Gasteiger charge is 2.07. The number of benzene rings is 1. The van der Waals surface area contributed by atoms with E-state index in [0.717, 1.165) is 30.1 Å². The van der Waals surface area contributed by atoms with Gasteiger partial charge >= 0.3 is 0 Å². The fraction of sp³-hybridized carbons (Fsp3) is 0.647. The first-order valence-electron chi connectivity index (χ1n) is 7.57. The predicted molar refractivity (Wildman–Crippen MR) is 90.5 cm³/mol. The SMILES string of the molecule is CSCC(C)Oc1ccc(OCC(O)CCC(C)C)cc1. The van der Waals surface area contributed by atoms with Crippen molar-refractivity contribution in [1.82, 2.24) is 0 Å². The molecule has 1 aromatic rings. The van der Waals surface area contributed by atoms with E-state index in [2.05, 4.69) is 27.0 Å². The van der Waals surface area contributed by atoms with Gasteiger partial charge in [0.05, 0.1) is 6.10 Å². The lowest BCUT2D eigenvalue weighted by Gasteiger charge is -2.15. The standard InChI is InChI=1S/C17H28O3S/c1-13(2)5-6-15(18)11-19-16-7-9-17(10-8-16)20-14(3)12-21-4/h7-10,13-15,18H,5-6,11-12H2,1-4H3. The largest absolute Gasteiger partial charge is 0.491 e. The van der Waals surface area contributed by atoms with Crippen LogP contribution >= 0.6 is 11.8 Å². The molecule has 1 aromatic carbocycles. The molecule has 0 aliphatic carbocycles. The number of thioether (sulfide) groups is 1. The summed E-state index contributed by atoms with van der Waals surface area (Å²) in [6, 6.07) is 7.59. The van der Waals surface area contributed by atoms with E-state index in [-0.39, 0.29) is 6.10 Å². The maximum Gasteiger partial charge on any atom is 0.120 e. The van der Waals surface area contributed by atoms with Gasteiger partial charge in [-0.3, -0.25) is 0 Å². The monoisotopic (exact) mass is 312 g/mol. The van der Waals surface area contributed by atoms with Gasteiger partial charge < -0.3 is 14.6 Å². The summed E-state index contributed by atoms with van der Waals surface area (Å²) in [7, 11) is 0. The summed E-state index contributed by atoms with van der Waals surface area (Å²) in [6.45, 7) is 6.72. The molecule has 4 heteroatoms. The fourth-order valence-electron chi connectivity index (χ4n) is 1.92. The van der Waals surface area contributed by atoms with Gasteiger partial charge in [0, 0.05) is 5.75 Å². The zero-order valence-electron chi connectivity index (χ0n) is 13.5. The molecule has 2 unspecified atom stereocenters. The summed E-state index contributed by atoms with van der Waals surface area (Å²) >= 11 is 1.77. The summed E-state index contributed by atoms with van der Waals surface area (Å²) in [5.41, 5.74) is 0. The third kappa shape index (κ3) is 8.22. The molecule has 3 nitrogen and oxygen atoms in total. The predicted octanol–water partition coefficient (Wildman–Crippen LogP) is 3.99. The minimum absolute atomic E-state index is 0.199. The van der Waals surface area contributed by atoms with Crippen molar-refractivity contribution in [3.8, 4) is 11.5 Å². The average molecular weight is 312 g/mol. The lowest BCUT2D eigenvalue weighted by atomic mass is 10.1. The first-order valence-corrected chi connectivity index (χ1v) is 8.97. The highest BCUT2D eigenvalue weighted by atomic mass is 32.2. The molecule has 0 heterocycles. The molecule has 0 saturated carbocycles. The second-order valence-corrected chi connectivity index (χ2v) is 6.70. The van der Waals surface area contributed by atoms with Crippen LogP contribution in [0.15, 0.2) is 24.3 Å². The molecule has 1 rings (SSSR count). The second-order valence-electron chi connectivity index (χ2n) is 5.79. The zero-order valence-corrected chi connectivity index (χ0v) is 14.4. The number of ether oxygens (including phenoxy) is 2. The number of aliphatic hydroxyl groups excluding tert-OH is 1. The number of hydrogen-bond acceptors (Lipinski definition) is 4. The molecule has 0 aromatic heterocycles. The van der Waals surface area contributed by atoms with Crippen molar-refractivity contribution < 1.29 is 14.6 Å². The first kappa shape index (κ1) is 18.2. The van der Waals surface area contributed by atoms with E-state index in [1.807, 2.05) is 24.3 Å². The van der Waals surface area contributed by atoms with Crippen molar-refractivity contribution in [2.45, 2.75) is 45.8 Å². The molecule has 0 amide bonds. The Morgan fingerprint density at radius 2 is 1.67 bits per heavy atom. The Balaban J connectivity index is 2.33. The molecule has 0 spiro atoms. The zero-order chi connectivity index (χ0) is 15.7. The molecule has 2 atom stereocenters. The van der Waals surface area contributed by atoms with Crippen molar-refractivity contribution in [2.75, 3.05) is 18.6 Å². The molecule has 120 valence electrons. The van der Waals surface area contributed by atoms with Gasteiger partial charge in [0.25, 0.3) is 0 Å². The molecule has 0 saturated heterocycles. The summed E-state index contributed by atoms with van der Waals surface area (Å²) < 4.78 is 11.4. The number of hydrogen-bond donors (Lipinski definition) is 1. The van der Waals surface area contributed by atoms with E-state index in [1.165, 1.54) is 0 Å². The van der Waals surface area contributed by atoms with E-state index in [9.17, 15) is 5.11 Å². The van der Waals surface area contributed by atoms with Crippen LogP contribution in [0.25, 0.3) is 0 Å². The van der Waals surface area contributed by atoms with E-state index < -0.39 is 6.10 Å². The Kier molecular flexibility index (Phi) is 8.62. The van der Waals surface area contributed by atoms with Crippen LogP contribution < -0.4 is 9.47 Å². The molecule has 21 heavy (non-hydrogen) atoms. The first-order chi connectivity index (χ1) is 10.0. The van der Waals surface area contributed by atoms with E-state index in [0.29, 0.717) is 12.5 Å². The lowest BCUT2D eigenvalue weighted by molar-refractivity contribution is 0.0950. The van der Waals surface area contributed by atoms with Gasteiger partial charge in [0.15, 0.2) is 0 Å².